The van der Waals surface area contributed by atoms with E-state index in [-0.39, 0.29) is 37.0 Å². The number of Topliss-reactive ketones (excluding diaryl/α,β-unsaturated/α-hetero) is 1. The van der Waals surface area contributed by atoms with E-state index in [4.69, 9.17) is 4.74 Å². The van der Waals surface area contributed by atoms with Crippen molar-refractivity contribution in [2.45, 2.75) is 59.0 Å². The number of nitrogens with one attached hydrogen (secondary N) is 2. The Morgan fingerprint density at radius 1 is 1.04 bits per heavy atom. The van der Waals surface area contributed by atoms with Gasteiger partial charge < -0.3 is 25.1 Å². The molecule has 8 nitrogen and oxygen atoms in total. The van der Waals surface area contributed by atoms with Crippen molar-refractivity contribution in [3.8, 4) is 0 Å². The molecule has 8 heteroatoms. The summed E-state index contributed by atoms with van der Waals surface area (Å²) in [6.07, 6.45) is 1.48. The van der Waals surface area contributed by atoms with Crippen molar-refractivity contribution in [1.29, 1.82) is 0 Å². The molecule has 0 unspecified atom stereocenters. The highest BCUT2D eigenvalue weighted by atomic mass is 16.6. The summed E-state index contributed by atoms with van der Waals surface area (Å²) in [4.78, 5) is 47.9. The van der Waals surface area contributed by atoms with Crippen LogP contribution in [0.1, 0.15) is 53.4 Å². The molecular weight excluding hydrogens is 338 g/mol. The Hall–Kier alpha value is -2.12. The van der Waals surface area contributed by atoms with Crippen LogP contribution in [-0.2, 0) is 19.1 Å². The van der Waals surface area contributed by atoms with Gasteiger partial charge in [-0.15, -0.1) is 0 Å². The first-order valence-electron chi connectivity index (χ1n) is 9.07. The minimum absolute atomic E-state index is 0.00645. The molecule has 1 fully saturated rings. The lowest BCUT2D eigenvalue weighted by atomic mass is 9.96. The molecule has 2 N–H and O–H groups in total. The Morgan fingerprint density at radius 2 is 1.65 bits per heavy atom. The van der Waals surface area contributed by atoms with Crippen molar-refractivity contribution in [2.75, 3.05) is 26.2 Å². The summed E-state index contributed by atoms with van der Waals surface area (Å²) in [7, 11) is 0. The number of carbonyl (C=O) groups excluding carboxylic acids is 4. The standard InChI is InChI=1S/C18H31N3O5/c1-13(22)5-6-15(23)19-11-14-7-9-21(10-8-14)16(24)12-20-17(25)26-18(2,3)4/h14H,5-12H2,1-4H3,(H,19,23)(H,20,25). The third kappa shape index (κ3) is 9.39. The highest BCUT2D eigenvalue weighted by molar-refractivity contribution is 5.83. The maximum atomic E-state index is 12.1. The van der Waals surface area contributed by atoms with E-state index in [0.717, 1.165) is 12.8 Å². The van der Waals surface area contributed by atoms with Crippen LogP contribution < -0.4 is 10.6 Å². The van der Waals surface area contributed by atoms with Gasteiger partial charge in [-0.2, -0.15) is 0 Å². The number of ketones is 1. The topological polar surface area (TPSA) is 105 Å². The van der Waals surface area contributed by atoms with Gasteiger partial charge in [0.15, 0.2) is 0 Å². The molecule has 0 aliphatic carbocycles. The number of likely N-dealkylation sites (tertiary alicyclic amines) is 1. The Kier molecular flexibility index (Phi) is 8.54. The van der Waals surface area contributed by atoms with Crippen molar-refractivity contribution in [2.24, 2.45) is 5.92 Å². The largest absolute Gasteiger partial charge is 0.444 e. The molecule has 1 aliphatic rings. The maximum absolute atomic E-state index is 12.1. The van der Waals surface area contributed by atoms with E-state index >= 15 is 0 Å². The molecule has 0 aromatic rings. The van der Waals surface area contributed by atoms with Crippen molar-refractivity contribution in [3.63, 3.8) is 0 Å². The predicted octanol–water partition coefficient (Wildman–Crippen LogP) is 1.24. The lowest BCUT2D eigenvalue weighted by Crippen LogP contribution is -2.46. The first-order valence-corrected chi connectivity index (χ1v) is 9.07. The average molecular weight is 369 g/mol. The summed E-state index contributed by atoms with van der Waals surface area (Å²) in [5, 5.41) is 5.32. The van der Waals surface area contributed by atoms with Crippen LogP contribution in [0.15, 0.2) is 0 Å². The minimum Gasteiger partial charge on any atom is -0.444 e. The average Bonchev–Trinajstić information content (AvgIpc) is 2.55. The summed E-state index contributed by atoms with van der Waals surface area (Å²) in [5.41, 5.74) is -0.597. The molecular formula is C18H31N3O5. The number of alkyl carbamates (subject to hydrolysis) is 1. The number of hydrogen-bond donors (Lipinski definition) is 2. The summed E-state index contributed by atoms with van der Waals surface area (Å²) in [6, 6.07) is 0. The minimum atomic E-state index is -0.603. The third-order valence-electron chi connectivity index (χ3n) is 4.04. The highest BCUT2D eigenvalue weighted by Gasteiger charge is 2.24. The second-order valence-corrected chi connectivity index (χ2v) is 7.69. The van der Waals surface area contributed by atoms with Crippen LogP contribution in [0.5, 0.6) is 0 Å². The number of carbonyl (C=O) groups is 4. The maximum Gasteiger partial charge on any atom is 0.408 e. The van der Waals surface area contributed by atoms with Crippen molar-refractivity contribution in [3.05, 3.63) is 0 Å². The van der Waals surface area contributed by atoms with Gasteiger partial charge in [0.2, 0.25) is 11.8 Å². The summed E-state index contributed by atoms with van der Waals surface area (Å²) >= 11 is 0. The first kappa shape index (κ1) is 21.9. The molecule has 1 rings (SSSR count). The molecule has 0 spiro atoms. The van der Waals surface area contributed by atoms with Crippen LogP contribution in [0.25, 0.3) is 0 Å². The Labute approximate surface area is 155 Å². The van der Waals surface area contributed by atoms with Crippen LogP contribution >= 0.6 is 0 Å². The lowest BCUT2D eigenvalue weighted by Gasteiger charge is -2.32. The van der Waals surface area contributed by atoms with Gasteiger partial charge in [-0.1, -0.05) is 0 Å². The fourth-order valence-corrected chi connectivity index (χ4v) is 2.60. The molecule has 0 aromatic carbocycles. The summed E-state index contributed by atoms with van der Waals surface area (Å²) < 4.78 is 5.10. The number of rotatable bonds is 7. The molecule has 148 valence electrons. The molecule has 0 radical (unpaired) electrons. The Bertz CT molecular complexity index is 519. The number of piperidine rings is 1. The van der Waals surface area contributed by atoms with Crippen LogP contribution in [0, 0.1) is 5.92 Å². The highest BCUT2D eigenvalue weighted by Crippen LogP contribution is 2.16. The zero-order valence-corrected chi connectivity index (χ0v) is 16.2. The normalized spacial score (nSPS) is 15.3. The zero-order chi connectivity index (χ0) is 19.7. The fourth-order valence-electron chi connectivity index (χ4n) is 2.60. The SMILES string of the molecule is CC(=O)CCC(=O)NCC1CCN(C(=O)CNC(=O)OC(C)(C)C)CC1. The molecule has 1 aliphatic heterocycles. The van der Waals surface area contributed by atoms with Gasteiger partial charge in [-0.05, 0) is 46.5 Å². The van der Waals surface area contributed by atoms with Crippen LogP contribution in [0.4, 0.5) is 4.79 Å². The monoisotopic (exact) mass is 369 g/mol. The molecule has 3 amide bonds. The van der Waals surface area contributed by atoms with E-state index in [2.05, 4.69) is 10.6 Å². The van der Waals surface area contributed by atoms with E-state index in [9.17, 15) is 19.2 Å². The lowest BCUT2D eigenvalue weighted by molar-refractivity contribution is -0.131. The van der Waals surface area contributed by atoms with Crippen molar-refractivity contribution >= 4 is 23.7 Å². The quantitative estimate of drug-likeness (QED) is 0.702. The summed E-state index contributed by atoms with van der Waals surface area (Å²) in [6.45, 7) is 8.44. The van der Waals surface area contributed by atoms with E-state index in [1.165, 1.54) is 6.92 Å². The number of hydrogen-bond acceptors (Lipinski definition) is 5. The molecule has 0 atom stereocenters. The second kappa shape index (κ2) is 10.1. The number of ether oxygens (including phenoxy) is 1. The van der Waals surface area contributed by atoms with E-state index in [1.807, 2.05) is 0 Å². The number of amides is 3. The molecule has 1 saturated heterocycles. The third-order valence-corrected chi connectivity index (χ3v) is 4.04. The van der Waals surface area contributed by atoms with Gasteiger partial charge in [-0.3, -0.25) is 9.59 Å². The molecule has 1 heterocycles. The molecule has 0 aromatic heterocycles. The first-order chi connectivity index (χ1) is 12.1. The molecule has 0 bridgehead atoms. The molecule has 0 saturated carbocycles. The predicted molar refractivity (Wildman–Crippen MR) is 96.5 cm³/mol. The fraction of sp³-hybridized carbons (Fsp3) is 0.778. The van der Waals surface area contributed by atoms with Crippen molar-refractivity contribution in [1.82, 2.24) is 15.5 Å². The summed E-state index contributed by atoms with van der Waals surface area (Å²) in [5.74, 6) is 0.0752. The van der Waals surface area contributed by atoms with E-state index in [1.54, 1.807) is 25.7 Å². The van der Waals surface area contributed by atoms with Gasteiger partial charge in [0.25, 0.3) is 0 Å². The van der Waals surface area contributed by atoms with Gasteiger partial charge in [0.05, 0.1) is 0 Å². The van der Waals surface area contributed by atoms with Crippen molar-refractivity contribution < 1.29 is 23.9 Å². The zero-order valence-electron chi connectivity index (χ0n) is 16.2. The smallest absolute Gasteiger partial charge is 0.408 e. The van der Waals surface area contributed by atoms with Gasteiger partial charge in [0, 0.05) is 32.5 Å². The van der Waals surface area contributed by atoms with Crippen LogP contribution in [0.2, 0.25) is 0 Å². The second-order valence-electron chi connectivity index (χ2n) is 7.69. The van der Waals surface area contributed by atoms with E-state index < -0.39 is 11.7 Å². The van der Waals surface area contributed by atoms with Gasteiger partial charge in [-0.25, -0.2) is 4.79 Å². The van der Waals surface area contributed by atoms with Crippen LogP contribution in [-0.4, -0.2) is 60.4 Å². The number of nitrogens with zero attached hydrogens (tertiary/aromatic N) is 1. The van der Waals surface area contributed by atoms with Gasteiger partial charge in [0.1, 0.15) is 17.9 Å². The van der Waals surface area contributed by atoms with Crippen LogP contribution in [0.3, 0.4) is 0 Å². The molecule has 26 heavy (non-hydrogen) atoms. The van der Waals surface area contributed by atoms with E-state index in [0.29, 0.717) is 25.6 Å². The Balaban J connectivity index is 2.22. The van der Waals surface area contributed by atoms with Gasteiger partial charge >= 0.3 is 6.09 Å². The Morgan fingerprint density at radius 3 is 2.19 bits per heavy atom.